The molecule has 1 rings (SSSR count). The standard InChI is InChI=1S/C14H16F3N3O/c1-3-20(4-2)13(21)9-19-11-6-5-10(8-18)12(7-11)14(15,16)17/h5-7,19H,3-4,9H2,1-2H3. The third-order valence-electron chi connectivity index (χ3n) is 3.01. The first-order valence-corrected chi connectivity index (χ1v) is 6.46. The van der Waals surface area contributed by atoms with Gasteiger partial charge in [-0.1, -0.05) is 0 Å². The van der Waals surface area contributed by atoms with E-state index >= 15 is 0 Å². The Bertz CT molecular complexity index is 545. The summed E-state index contributed by atoms with van der Waals surface area (Å²) in [6, 6.07) is 4.79. The van der Waals surface area contributed by atoms with Crippen LogP contribution in [0.2, 0.25) is 0 Å². The maximum atomic E-state index is 12.8. The van der Waals surface area contributed by atoms with Gasteiger partial charge in [-0.2, -0.15) is 18.4 Å². The second-order valence-corrected chi connectivity index (χ2v) is 4.29. The molecule has 114 valence electrons. The normalized spacial score (nSPS) is 10.9. The Kier molecular flexibility index (Phi) is 5.59. The molecule has 0 aliphatic heterocycles. The summed E-state index contributed by atoms with van der Waals surface area (Å²) in [6.45, 7) is 4.64. The van der Waals surface area contributed by atoms with Crippen molar-refractivity contribution in [2.75, 3.05) is 25.0 Å². The number of hydrogen-bond acceptors (Lipinski definition) is 3. The van der Waals surface area contributed by atoms with Crippen molar-refractivity contribution in [1.29, 1.82) is 5.26 Å². The summed E-state index contributed by atoms with van der Waals surface area (Å²) >= 11 is 0. The van der Waals surface area contributed by atoms with E-state index < -0.39 is 17.3 Å². The fourth-order valence-corrected chi connectivity index (χ4v) is 1.85. The molecule has 0 unspecified atom stereocenters. The summed E-state index contributed by atoms with van der Waals surface area (Å²) in [7, 11) is 0. The number of nitrogens with one attached hydrogen (secondary N) is 1. The monoisotopic (exact) mass is 299 g/mol. The molecule has 1 aromatic carbocycles. The van der Waals surface area contributed by atoms with Crippen LogP contribution in [0.25, 0.3) is 0 Å². The Hall–Kier alpha value is -2.23. The van der Waals surface area contributed by atoms with Gasteiger partial charge in [-0.15, -0.1) is 0 Å². The molecule has 1 aromatic rings. The lowest BCUT2D eigenvalue weighted by molar-refractivity contribution is -0.137. The molecule has 0 radical (unpaired) electrons. The number of carbonyl (C=O) groups excluding carboxylic acids is 1. The first-order valence-electron chi connectivity index (χ1n) is 6.46. The Labute approximate surface area is 121 Å². The van der Waals surface area contributed by atoms with Crippen LogP contribution in [0.15, 0.2) is 18.2 Å². The zero-order valence-corrected chi connectivity index (χ0v) is 11.8. The van der Waals surface area contributed by atoms with Gasteiger partial charge in [0.2, 0.25) is 5.91 Å². The number of hydrogen-bond donors (Lipinski definition) is 1. The Morgan fingerprint density at radius 3 is 2.43 bits per heavy atom. The van der Waals surface area contributed by atoms with Crippen molar-refractivity contribution < 1.29 is 18.0 Å². The Morgan fingerprint density at radius 1 is 1.33 bits per heavy atom. The Morgan fingerprint density at radius 2 is 1.95 bits per heavy atom. The second kappa shape index (κ2) is 6.97. The number of alkyl halides is 3. The lowest BCUT2D eigenvalue weighted by atomic mass is 10.1. The zero-order valence-electron chi connectivity index (χ0n) is 11.8. The lowest BCUT2D eigenvalue weighted by Gasteiger charge is -2.19. The van der Waals surface area contributed by atoms with Gasteiger partial charge in [-0.05, 0) is 32.0 Å². The van der Waals surface area contributed by atoms with Crippen molar-refractivity contribution >= 4 is 11.6 Å². The second-order valence-electron chi connectivity index (χ2n) is 4.29. The van der Waals surface area contributed by atoms with Gasteiger partial charge in [-0.3, -0.25) is 4.79 Å². The van der Waals surface area contributed by atoms with Gasteiger partial charge in [0.1, 0.15) is 0 Å². The number of carbonyl (C=O) groups is 1. The summed E-state index contributed by atoms with van der Waals surface area (Å²) in [6.07, 6.45) is -4.61. The molecule has 0 saturated carbocycles. The van der Waals surface area contributed by atoms with Gasteiger partial charge in [0.05, 0.1) is 23.7 Å². The molecular weight excluding hydrogens is 283 g/mol. The minimum Gasteiger partial charge on any atom is -0.376 e. The largest absolute Gasteiger partial charge is 0.417 e. The molecule has 0 spiro atoms. The minimum absolute atomic E-state index is 0.0924. The number of nitrogens with zero attached hydrogens (tertiary/aromatic N) is 2. The highest BCUT2D eigenvalue weighted by molar-refractivity contribution is 5.80. The summed E-state index contributed by atoms with van der Waals surface area (Å²) in [5.74, 6) is -0.196. The predicted molar refractivity (Wildman–Crippen MR) is 72.6 cm³/mol. The van der Waals surface area contributed by atoms with Crippen molar-refractivity contribution in [3.63, 3.8) is 0 Å². The molecule has 1 N–H and O–H groups in total. The van der Waals surface area contributed by atoms with Gasteiger partial charge < -0.3 is 10.2 Å². The van der Waals surface area contributed by atoms with E-state index in [1.807, 2.05) is 13.8 Å². The quantitative estimate of drug-likeness (QED) is 0.909. The van der Waals surface area contributed by atoms with Crippen LogP contribution in [-0.4, -0.2) is 30.4 Å². The number of halogens is 3. The fourth-order valence-electron chi connectivity index (χ4n) is 1.85. The molecule has 0 aliphatic rings. The highest BCUT2D eigenvalue weighted by atomic mass is 19.4. The number of amides is 1. The number of benzene rings is 1. The summed E-state index contributed by atoms with van der Waals surface area (Å²) in [4.78, 5) is 13.3. The highest BCUT2D eigenvalue weighted by Gasteiger charge is 2.33. The lowest BCUT2D eigenvalue weighted by Crippen LogP contribution is -2.35. The van der Waals surface area contributed by atoms with Crippen LogP contribution in [0.1, 0.15) is 25.0 Å². The average Bonchev–Trinajstić information content (AvgIpc) is 2.45. The first-order chi connectivity index (χ1) is 9.83. The molecule has 0 saturated heterocycles. The van der Waals surface area contributed by atoms with E-state index in [0.29, 0.717) is 13.1 Å². The van der Waals surface area contributed by atoms with Crippen molar-refractivity contribution in [3.8, 4) is 6.07 Å². The van der Waals surface area contributed by atoms with Crippen LogP contribution in [0, 0.1) is 11.3 Å². The van der Waals surface area contributed by atoms with Crippen molar-refractivity contribution in [2.45, 2.75) is 20.0 Å². The van der Waals surface area contributed by atoms with Gasteiger partial charge in [0, 0.05) is 18.8 Å². The predicted octanol–water partition coefficient (Wildman–Crippen LogP) is 2.86. The number of rotatable bonds is 5. The molecule has 0 bridgehead atoms. The molecule has 1 amide bonds. The highest BCUT2D eigenvalue weighted by Crippen LogP contribution is 2.33. The number of anilines is 1. The van der Waals surface area contributed by atoms with E-state index in [2.05, 4.69) is 5.32 Å². The van der Waals surface area contributed by atoms with E-state index in [9.17, 15) is 18.0 Å². The van der Waals surface area contributed by atoms with Crippen LogP contribution in [0.3, 0.4) is 0 Å². The minimum atomic E-state index is -4.61. The maximum Gasteiger partial charge on any atom is 0.417 e. The molecule has 0 atom stereocenters. The van der Waals surface area contributed by atoms with Crippen molar-refractivity contribution in [2.24, 2.45) is 0 Å². The van der Waals surface area contributed by atoms with Crippen molar-refractivity contribution in [3.05, 3.63) is 29.3 Å². The van der Waals surface area contributed by atoms with Gasteiger partial charge >= 0.3 is 6.18 Å². The third-order valence-corrected chi connectivity index (χ3v) is 3.01. The zero-order chi connectivity index (χ0) is 16.0. The van der Waals surface area contributed by atoms with Crippen molar-refractivity contribution in [1.82, 2.24) is 4.90 Å². The molecule has 21 heavy (non-hydrogen) atoms. The smallest absolute Gasteiger partial charge is 0.376 e. The van der Waals surface area contributed by atoms with Crippen LogP contribution in [-0.2, 0) is 11.0 Å². The van der Waals surface area contributed by atoms with E-state index in [4.69, 9.17) is 5.26 Å². The first kappa shape index (κ1) is 16.8. The molecule has 4 nitrogen and oxygen atoms in total. The molecule has 0 aromatic heterocycles. The molecular formula is C14H16F3N3O. The molecule has 0 fully saturated rings. The van der Waals surface area contributed by atoms with Crippen LogP contribution >= 0.6 is 0 Å². The average molecular weight is 299 g/mol. The van der Waals surface area contributed by atoms with Crippen LogP contribution in [0.5, 0.6) is 0 Å². The molecule has 0 aliphatic carbocycles. The third kappa shape index (κ3) is 4.38. The van der Waals surface area contributed by atoms with Gasteiger partial charge in [0.15, 0.2) is 0 Å². The Balaban J connectivity index is 2.87. The van der Waals surface area contributed by atoms with E-state index in [0.717, 1.165) is 12.1 Å². The van der Waals surface area contributed by atoms with Gasteiger partial charge in [-0.25, -0.2) is 0 Å². The topological polar surface area (TPSA) is 56.1 Å². The van der Waals surface area contributed by atoms with Crippen LogP contribution in [0.4, 0.5) is 18.9 Å². The fraction of sp³-hybridized carbons (Fsp3) is 0.429. The maximum absolute atomic E-state index is 12.8. The summed E-state index contributed by atoms with van der Waals surface area (Å²) < 4.78 is 38.4. The number of nitriles is 1. The molecule has 7 heteroatoms. The van der Waals surface area contributed by atoms with E-state index in [1.165, 1.54) is 12.1 Å². The van der Waals surface area contributed by atoms with E-state index in [1.54, 1.807) is 4.90 Å². The summed E-state index contributed by atoms with van der Waals surface area (Å²) in [5.41, 5.74) is -1.30. The molecule has 0 heterocycles. The summed E-state index contributed by atoms with van der Waals surface area (Å²) in [5, 5.41) is 11.4. The SMILES string of the molecule is CCN(CC)C(=O)CNc1ccc(C#N)c(C(F)(F)F)c1. The number of likely N-dealkylation sites (N-methyl/N-ethyl adjacent to an activating group) is 1. The van der Waals surface area contributed by atoms with Gasteiger partial charge in [0.25, 0.3) is 0 Å². The van der Waals surface area contributed by atoms with E-state index in [-0.39, 0.29) is 18.1 Å². The van der Waals surface area contributed by atoms with Crippen LogP contribution < -0.4 is 5.32 Å².